The molecule has 0 saturated heterocycles. The molecule has 0 spiro atoms. The Balaban J connectivity index is -0.000000266. The smallest absolute Gasteiger partial charge is 0.162 e. The van der Waals surface area contributed by atoms with Crippen molar-refractivity contribution in [2.75, 3.05) is 20.0 Å². The molecule has 2 rings (SSSR count). The number of hydrogen-bond acceptors (Lipinski definition) is 6. The average molecular weight is 537 g/mol. The van der Waals surface area contributed by atoms with Gasteiger partial charge in [0.1, 0.15) is 11.6 Å². The summed E-state index contributed by atoms with van der Waals surface area (Å²) in [5.74, 6) is 1.35. The summed E-state index contributed by atoms with van der Waals surface area (Å²) in [6, 6.07) is 19.4. The van der Waals surface area contributed by atoms with E-state index in [4.69, 9.17) is 9.47 Å². The normalized spacial score (nSPS) is 10.9. The minimum Gasteiger partial charge on any atom is -0.381 e. The van der Waals surface area contributed by atoms with Crippen molar-refractivity contribution in [2.45, 2.75) is 92.8 Å². The Bertz CT molecular complexity index is 824. The van der Waals surface area contributed by atoms with Gasteiger partial charge in [0, 0.05) is 49.7 Å². The number of ketones is 3. The molecule has 2 unspecified atom stereocenters. The monoisotopic (exact) mass is 536 g/mol. The zero-order valence-corrected chi connectivity index (χ0v) is 20.9. The van der Waals surface area contributed by atoms with Gasteiger partial charge in [-0.25, -0.2) is 0 Å². The third-order valence-electron chi connectivity index (χ3n) is 4.94. The molecule has 2 atom stereocenters. The summed E-state index contributed by atoms with van der Waals surface area (Å²) >= 11 is 1.80. The summed E-state index contributed by atoms with van der Waals surface area (Å²) in [6.45, 7) is 3.14. The second-order valence-corrected chi connectivity index (χ2v) is 8.97. The third-order valence-corrected chi connectivity index (χ3v) is 5.98. The lowest BCUT2D eigenvalue weighted by Crippen LogP contribution is -2.16. The van der Waals surface area contributed by atoms with Crippen LogP contribution in [0.2, 0.25) is 0 Å². The summed E-state index contributed by atoms with van der Waals surface area (Å²) in [6.07, 6.45) is 2.72. The first-order chi connectivity index (χ1) is 15.8. The summed E-state index contributed by atoms with van der Waals surface area (Å²) in [4.78, 5) is 35.0. The molecule has 0 amide bonds. The Labute approximate surface area is 231 Å². The second kappa shape index (κ2) is 25.4. The average Bonchev–Trinajstić information content (AvgIpc) is 2.82. The first-order valence-electron chi connectivity index (χ1n) is 11.2. The van der Waals surface area contributed by atoms with Crippen molar-refractivity contribution < 1.29 is 23.9 Å². The number of methoxy groups -OCH3 is 2. The van der Waals surface area contributed by atoms with Crippen molar-refractivity contribution in [3.63, 3.8) is 0 Å². The number of Topliss-reactive ketones (excluding diaryl/α,β-unsaturated/α-hetero) is 3. The van der Waals surface area contributed by atoms with Crippen LogP contribution in [0.25, 0.3) is 0 Å². The van der Waals surface area contributed by atoms with Gasteiger partial charge in [-0.1, -0.05) is 78.2 Å². The van der Waals surface area contributed by atoms with Crippen LogP contribution < -0.4 is 0 Å². The van der Waals surface area contributed by atoms with Crippen LogP contribution in [0, 0.1) is 0 Å². The van der Waals surface area contributed by atoms with E-state index >= 15 is 0 Å². The Kier molecular flexibility index (Phi) is 28.7. The van der Waals surface area contributed by atoms with Gasteiger partial charge in [-0.2, -0.15) is 0 Å². The maximum Gasteiger partial charge on any atom is 0.162 e. The van der Waals surface area contributed by atoms with Gasteiger partial charge in [0.15, 0.2) is 5.78 Å². The molecular weight excluding hydrogens is 484 g/mol. The molecule has 5 nitrogen and oxygen atoms in total. The van der Waals surface area contributed by atoms with E-state index in [1.807, 2.05) is 36.4 Å². The van der Waals surface area contributed by atoms with E-state index in [1.54, 1.807) is 45.0 Å². The lowest BCUT2D eigenvalue weighted by molar-refractivity contribution is -0.120. The predicted molar refractivity (Wildman–Crippen MR) is 161 cm³/mol. The number of thioether (sulfide) groups is 1. The SMILES string of the molecule is C.C.C.C.COC(CCC(=O)c1ccccc1)CC(C)=O.COC(CCSc1ccccc1)CC(C)=O. The molecule has 0 aromatic heterocycles. The van der Waals surface area contributed by atoms with Crippen LogP contribution >= 0.6 is 11.8 Å². The maximum atomic E-state index is 11.8. The van der Waals surface area contributed by atoms with Crippen molar-refractivity contribution >= 4 is 29.1 Å². The largest absolute Gasteiger partial charge is 0.381 e. The van der Waals surface area contributed by atoms with E-state index in [2.05, 4.69) is 12.1 Å². The van der Waals surface area contributed by atoms with E-state index < -0.39 is 0 Å². The summed E-state index contributed by atoms with van der Waals surface area (Å²) in [7, 11) is 3.24. The molecule has 37 heavy (non-hydrogen) atoms. The standard InChI is InChI=1S/C14H18O3.C13H18O2S.4CH4/c1-11(15)10-13(17-2)8-9-14(16)12-6-4-3-5-7-12;1-11(14)10-12(15-2)8-9-16-13-6-4-3-5-7-13;;;;/h3-7,13H,8-10H2,1-2H3;3-7,12H,8-10H2,1-2H3;4*1H4. The fraction of sp³-hybridized carbons (Fsp3) is 0.516. The Morgan fingerprint density at radius 1 is 0.703 bits per heavy atom. The summed E-state index contributed by atoms with van der Waals surface area (Å²) < 4.78 is 10.4. The maximum absolute atomic E-state index is 11.8. The van der Waals surface area contributed by atoms with Crippen LogP contribution in [0.3, 0.4) is 0 Å². The molecule has 2 aromatic rings. The van der Waals surface area contributed by atoms with Crippen molar-refractivity contribution in [1.82, 2.24) is 0 Å². The fourth-order valence-corrected chi connectivity index (χ4v) is 4.10. The van der Waals surface area contributed by atoms with Crippen LogP contribution in [0.15, 0.2) is 65.6 Å². The minimum atomic E-state index is -0.153. The Hall–Kier alpha value is -2.28. The number of benzene rings is 2. The van der Waals surface area contributed by atoms with Crippen LogP contribution in [-0.2, 0) is 19.1 Å². The lowest BCUT2D eigenvalue weighted by atomic mass is 10.0. The molecule has 0 radical (unpaired) electrons. The molecule has 6 heteroatoms. The highest BCUT2D eigenvalue weighted by Gasteiger charge is 2.13. The molecule has 212 valence electrons. The van der Waals surface area contributed by atoms with Gasteiger partial charge in [-0.15, -0.1) is 11.8 Å². The molecule has 0 aliphatic rings. The van der Waals surface area contributed by atoms with Crippen LogP contribution in [0.4, 0.5) is 0 Å². The number of carbonyl (C=O) groups is 3. The molecule has 0 fully saturated rings. The van der Waals surface area contributed by atoms with Crippen LogP contribution in [-0.4, -0.2) is 49.5 Å². The highest BCUT2D eigenvalue weighted by atomic mass is 32.2. The first-order valence-corrected chi connectivity index (χ1v) is 12.1. The third kappa shape index (κ3) is 20.5. The van der Waals surface area contributed by atoms with E-state index in [-0.39, 0.29) is 59.3 Å². The number of carbonyl (C=O) groups excluding carboxylic acids is 3. The van der Waals surface area contributed by atoms with Gasteiger partial charge in [-0.05, 0) is 38.8 Å². The molecule has 0 bridgehead atoms. The lowest BCUT2D eigenvalue weighted by Gasteiger charge is -2.12. The van der Waals surface area contributed by atoms with Gasteiger partial charge in [0.2, 0.25) is 0 Å². The molecule has 0 aliphatic heterocycles. The van der Waals surface area contributed by atoms with Gasteiger partial charge >= 0.3 is 0 Å². The van der Waals surface area contributed by atoms with Gasteiger partial charge < -0.3 is 9.47 Å². The highest BCUT2D eigenvalue weighted by molar-refractivity contribution is 7.99. The van der Waals surface area contributed by atoms with E-state index in [9.17, 15) is 14.4 Å². The molecule has 0 heterocycles. The molecule has 2 aromatic carbocycles. The van der Waals surface area contributed by atoms with Crippen molar-refractivity contribution in [3.05, 3.63) is 66.2 Å². The van der Waals surface area contributed by atoms with Gasteiger partial charge in [-0.3, -0.25) is 14.4 Å². The Morgan fingerprint density at radius 2 is 1.14 bits per heavy atom. The molecule has 0 saturated carbocycles. The van der Waals surface area contributed by atoms with E-state index in [0.717, 1.165) is 12.2 Å². The topological polar surface area (TPSA) is 69.7 Å². The zero-order chi connectivity index (χ0) is 24.5. The van der Waals surface area contributed by atoms with Gasteiger partial charge in [0.25, 0.3) is 0 Å². The number of hydrogen-bond donors (Lipinski definition) is 0. The molecular formula is C31H52O5S. The Morgan fingerprint density at radius 3 is 1.57 bits per heavy atom. The van der Waals surface area contributed by atoms with Crippen molar-refractivity contribution in [3.8, 4) is 0 Å². The highest BCUT2D eigenvalue weighted by Crippen LogP contribution is 2.19. The number of ether oxygens (including phenoxy) is 2. The van der Waals surface area contributed by atoms with E-state index in [1.165, 1.54) is 11.8 Å². The summed E-state index contributed by atoms with van der Waals surface area (Å²) in [5, 5.41) is 0. The van der Waals surface area contributed by atoms with Crippen molar-refractivity contribution in [1.29, 1.82) is 0 Å². The number of rotatable bonds is 14. The molecule has 0 aliphatic carbocycles. The van der Waals surface area contributed by atoms with Crippen LogP contribution in [0.1, 0.15) is 86.0 Å². The second-order valence-electron chi connectivity index (χ2n) is 7.81. The first kappa shape index (κ1) is 41.8. The van der Waals surface area contributed by atoms with E-state index in [0.29, 0.717) is 31.2 Å². The summed E-state index contributed by atoms with van der Waals surface area (Å²) in [5.41, 5.74) is 0.713. The van der Waals surface area contributed by atoms with Gasteiger partial charge in [0.05, 0.1) is 12.2 Å². The van der Waals surface area contributed by atoms with Crippen LogP contribution in [0.5, 0.6) is 0 Å². The minimum absolute atomic E-state index is 0. The van der Waals surface area contributed by atoms with Crippen molar-refractivity contribution in [2.24, 2.45) is 0 Å². The predicted octanol–water partition coefficient (Wildman–Crippen LogP) is 8.35. The fourth-order valence-electron chi connectivity index (χ4n) is 3.13. The molecule has 0 N–H and O–H groups in total. The zero-order valence-electron chi connectivity index (χ0n) is 20.1. The quantitative estimate of drug-likeness (QED) is 0.178.